The quantitative estimate of drug-likeness (QED) is 0.556. The lowest BCUT2D eigenvalue weighted by Gasteiger charge is -2.51. The van der Waals surface area contributed by atoms with Crippen LogP contribution in [0.4, 0.5) is 0 Å². The van der Waals surface area contributed by atoms with E-state index in [0.717, 1.165) is 36.8 Å². The van der Waals surface area contributed by atoms with E-state index in [1.807, 2.05) is 53.4 Å². The van der Waals surface area contributed by atoms with Gasteiger partial charge in [0, 0.05) is 22.0 Å². The number of aliphatic carboxylic acids is 1. The molecule has 1 amide bonds. The SMILES string of the molecule is CC1(CC(=O)O)CC(c2cccc(Cl)c2)C(c2ccc(Cl)cc2)N(C2CCCC2)C1=O. The summed E-state index contributed by atoms with van der Waals surface area (Å²) >= 11 is 12.5. The molecular weight excluding hydrogens is 433 g/mol. The molecule has 3 unspecified atom stereocenters. The largest absolute Gasteiger partial charge is 0.481 e. The first-order valence-electron chi connectivity index (χ1n) is 10.8. The fourth-order valence-corrected chi connectivity index (χ4v) is 5.79. The number of hydrogen-bond acceptors (Lipinski definition) is 2. The van der Waals surface area contributed by atoms with Gasteiger partial charge in [0.1, 0.15) is 0 Å². The van der Waals surface area contributed by atoms with Crippen molar-refractivity contribution in [2.75, 3.05) is 0 Å². The number of carbonyl (C=O) groups is 2. The van der Waals surface area contributed by atoms with Crippen LogP contribution in [-0.4, -0.2) is 27.9 Å². The second-order valence-electron chi connectivity index (χ2n) is 9.14. The lowest BCUT2D eigenvalue weighted by atomic mass is 9.67. The predicted octanol–water partition coefficient (Wildman–Crippen LogP) is 6.47. The number of amides is 1. The molecule has 1 aliphatic heterocycles. The normalized spacial score (nSPS) is 26.9. The molecule has 1 N–H and O–H groups in total. The first kappa shape index (κ1) is 22.2. The summed E-state index contributed by atoms with van der Waals surface area (Å²) in [5.41, 5.74) is 1.08. The number of halogens is 2. The molecule has 3 atom stereocenters. The Labute approximate surface area is 193 Å². The Morgan fingerprint density at radius 3 is 2.35 bits per heavy atom. The van der Waals surface area contributed by atoms with Crippen LogP contribution in [0.1, 0.15) is 68.5 Å². The third kappa shape index (κ3) is 4.47. The maximum absolute atomic E-state index is 13.9. The highest BCUT2D eigenvalue weighted by molar-refractivity contribution is 6.30. The second kappa shape index (κ2) is 8.84. The van der Waals surface area contributed by atoms with Crippen molar-refractivity contribution in [1.82, 2.24) is 4.90 Å². The van der Waals surface area contributed by atoms with Crippen LogP contribution >= 0.6 is 23.2 Å². The standard InChI is InChI=1S/C25H27Cl2NO3/c1-25(15-22(29)30)14-21(17-5-4-6-19(27)13-17)23(16-9-11-18(26)12-10-16)28(24(25)31)20-7-2-3-8-20/h4-6,9-13,20-21,23H,2-3,7-8,14-15H2,1H3,(H,29,30). The van der Waals surface area contributed by atoms with E-state index in [2.05, 4.69) is 0 Å². The van der Waals surface area contributed by atoms with Crippen molar-refractivity contribution in [3.63, 3.8) is 0 Å². The van der Waals surface area contributed by atoms with Crippen LogP contribution < -0.4 is 0 Å². The van der Waals surface area contributed by atoms with Crippen molar-refractivity contribution < 1.29 is 14.7 Å². The highest BCUT2D eigenvalue weighted by Crippen LogP contribution is 2.53. The summed E-state index contributed by atoms with van der Waals surface area (Å²) in [6.07, 6.45) is 4.33. The number of rotatable bonds is 5. The molecule has 0 spiro atoms. The minimum atomic E-state index is -0.968. The summed E-state index contributed by atoms with van der Waals surface area (Å²) in [5.74, 6) is -1.07. The van der Waals surface area contributed by atoms with E-state index < -0.39 is 11.4 Å². The van der Waals surface area contributed by atoms with Crippen LogP contribution in [0.5, 0.6) is 0 Å². The van der Waals surface area contributed by atoms with Crippen LogP contribution in [0.25, 0.3) is 0 Å². The average Bonchev–Trinajstić information content (AvgIpc) is 3.24. The molecular formula is C25H27Cl2NO3. The van der Waals surface area contributed by atoms with Crippen molar-refractivity contribution in [3.05, 3.63) is 69.7 Å². The fraction of sp³-hybridized carbons (Fsp3) is 0.440. The van der Waals surface area contributed by atoms with Crippen LogP contribution in [0, 0.1) is 5.41 Å². The Hall–Kier alpha value is -2.04. The Balaban J connectivity index is 1.87. The predicted molar refractivity (Wildman–Crippen MR) is 122 cm³/mol. The molecule has 2 aromatic carbocycles. The Kier molecular flexibility index (Phi) is 6.32. The summed E-state index contributed by atoms with van der Waals surface area (Å²) in [7, 11) is 0. The molecule has 2 aliphatic rings. The number of piperidine rings is 1. The van der Waals surface area contributed by atoms with Gasteiger partial charge in [-0.3, -0.25) is 9.59 Å². The van der Waals surface area contributed by atoms with Gasteiger partial charge in [0.2, 0.25) is 5.91 Å². The molecule has 31 heavy (non-hydrogen) atoms. The molecule has 1 aliphatic carbocycles. The lowest BCUT2D eigenvalue weighted by molar-refractivity contribution is -0.160. The van der Waals surface area contributed by atoms with Crippen LogP contribution in [-0.2, 0) is 9.59 Å². The van der Waals surface area contributed by atoms with E-state index in [-0.39, 0.29) is 30.3 Å². The number of carbonyl (C=O) groups excluding carboxylic acids is 1. The van der Waals surface area contributed by atoms with E-state index in [1.54, 1.807) is 6.92 Å². The number of benzene rings is 2. The summed E-state index contributed by atoms with van der Waals surface area (Å²) in [6.45, 7) is 1.81. The monoisotopic (exact) mass is 459 g/mol. The summed E-state index contributed by atoms with van der Waals surface area (Å²) < 4.78 is 0. The van der Waals surface area contributed by atoms with Crippen molar-refractivity contribution in [3.8, 4) is 0 Å². The van der Waals surface area contributed by atoms with Crippen molar-refractivity contribution in [1.29, 1.82) is 0 Å². The third-order valence-corrected chi connectivity index (χ3v) is 7.34. The number of hydrogen-bond donors (Lipinski definition) is 1. The summed E-state index contributed by atoms with van der Waals surface area (Å²) in [5, 5.41) is 10.9. The molecule has 2 fully saturated rings. The van der Waals surface area contributed by atoms with Gasteiger partial charge in [-0.2, -0.15) is 0 Å². The third-order valence-electron chi connectivity index (χ3n) is 6.85. The van der Waals surface area contributed by atoms with Gasteiger partial charge in [0.05, 0.1) is 17.9 Å². The van der Waals surface area contributed by atoms with Gasteiger partial charge < -0.3 is 10.0 Å². The molecule has 164 valence electrons. The highest BCUT2D eigenvalue weighted by Gasteiger charge is 2.52. The van der Waals surface area contributed by atoms with Gasteiger partial charge in [-0.15, -0.1) is 0 Å². The summed E-state index contributed by atoms with van der Waals surface area (Å²) in [4.78, 5) is 27.6. The van der Waals surface area contributed by atoms with Crippen LogP contribution in [0.3, 0.4) is 0 Å². The Morgan fingerprint density at radius 1 is 1.06 bits per heavy atom. The maximum Gasteiger partial charge on any atom is 0.304 e. The molecule has 0 aromatic heterocycles. The lowest BCUT2D eigenvalue weighted by Crippen LogP contribution is -2.55. The Morgan fingerprint density at radius 2 is 1.74 bits per heavy atom. The van der Waals surface area contributed by atoms with Crippen molar-refractivity contribution >= 4 is 35.1 Å². The molecule has 0 radical (unpaired) electrons. The van der Waals surface area contributed by atoms with Gasteiger partial charge in [0.15, 0.2) is 0 Å². The highest BCUT2D eigenvalue weighted by atomic mass is 35.5. The Bertz CT molecular complexity index is 971. The van der Waals surface area contributed by atoms with Gasteiger partial charge >= 0.3 is 5.97 Å². The minimum absolute atomic E-state index is 0.0555. The molecule has 1 heterocycles. The van der Waals surface area contributed by atoms with E-state index in [4.69, 9.17) is 23.2 Å². The van der Waals surface area contributed by atoms with Crippen molar-refractivity contribution in [2.45, 2.75) is 63.5 Å². The number of carboxylic acid groups (broad SMARTS) is 1. The van der Waals surface area contributed by atoms with E-state index in [1.165, 1.54) is 0 Å². The van der Waals surface area contributed by atoms with Gasteiger partial charge in [0.25, 0.3) is 0 Å². The molecule has 6 heteroatoms. The zero-order valence-electron chi connectivity index (χ0n) is 17.6. The van der Waals surface area contributed by atoms with Crippen LogP contribution in [0.2, 0.25) is 10.0 Å². The summed E-state index contributed by atoms with van der Waals surface area (Å²) in [6, 6.07) is 15.3. The second-order valence-corrected chi connectivity index (χ2v) is 10.0. The molecule has 1 saturated heterocycles. The maximum atomic E-state index is 13.9. The average molecular weight is 460 g/mol. The van der Waals surface area contributed by atoms with Gasteiger partial charge in [-0.25, -0.2) is 0 Å². The number of carboxylic acids is 1. The zero-order chi connectivity index (χ0) is 22.2. The van der Waals surface area contributed by atoms with Crippen LogP contribution in [0.15, 0.2) is 48.5 Å². The molecule has 2 aromatic rings. The number of likely N-dealkylation sites (tertiary alicyclic amines) is 1. The van der Waals surface area contributed by atoms with Gasteiger partial charge in [-0.1, -0.05) is 67.2 Å². The van der Waals surface area contributed by atoms with E-state index >= 15 is 0 Å². The minimum Gasteiger partial charge on any atom is -0.481 e. The topological polar surface area (TPSA) is 57.6 Å². The molecule has 0 bridgehead atoms. The first-order chi connectivity index (χ1) is 14.8. The van der Waals surface area contributed by atoms with Gasteiger partial charge in [-0.05, 0) is 54.7 Å². The van der Waals surface area contributed by atoms with Crippen molar-refractivity contribution in [2.24, 2.45) is 5.41 Å². The molecule has 4 nitrogen and oxygen atoms in total. The van der Waals surface area contributed by atoms with E-state index in [0.29, 0.717) is 16.5 Å². The van der Waals surface area contributed by atoms with E-state index in [9.17, 15) is 14.7 Å². The number of nitrogens with zero attached hydrogens (tertiary/aromatic N) is 1. The zero-order valence-corrected chi connectivity index (χ0v) is 19.1. The fourth-order valence-electron chi connectivity index (χ4n) is 5.46. The molecule has 1 saturated carbocycles. The molecule has 4 rings (SSSR count). The smallest absolute Gasteiger partial charge is 0.304 e. The first-order valence-corrected chi connectivity index (χ1v) is 11.6.